The van der Waals surface area contributed by atoms with Crippen LogP contribution in [0.4, 0.5) is 10.5 Å². The van der Waals surface area contributed by atoms with E-state index in [0.29, 0.717) is 30.2 Å². The van der Waals surface area contributed by atoms with Crippen molar-refractivity contribution in [3.05, 3.63) is 180 Å². The molecule has 10 heteroatoms. The van der Waals surface area contributed by atoms with Crippen LogP contribution in [0.3, 0.4) is 0 Å². The summed E-state index contributed by atoms with van der Waals surface area (Å²) in [6, 6.07) is 48.2. The molecule has 0 spiro atoms. The fourth-order valence-electron chi connectivity index (χ4n) is 6.20. The van der Waals surface area contributed by atoms with Crippen molar-refractivity contribution < 1.29 is 19.1 Å². The van der Waals surface area contributed by atoms with E-state index in [2.05, 4.69) is 93.7 Å². The SMILES string of the molecule is CC(C)(C)OC(=O)NC(CNc1ccc(-c2ccccc2)nc1OCC(=O)NCc1cccnc1)CSC(c1ccccc1)(c1ccccc1)c1ccccc1. The first-order valence-corrected chi connectivity index (χ1v) is 19.6. The number of anilines is 1. The second-order valence-corrected chi connectivity index (χ2v) is 15.4. The summed E-state index contributed by atoms with van der Waals surface area (Å²) in [7, 11) is 0. The average Bonchev–Trinajstić information content (AvgIpc) is 3.22. The Bertz CT molecular complexity index is 2040. The zero-order valence-electron chi connectivity index (χ0n) is 31.9. The van der Waals surface area contributed by atoms with E-state index in [4.69, 9.17) is 14.5 Å². The Morgan fingerprint density at radius 2 is 1.32 bits per heavy atom. The highest BCUT2D eigenvalue weighted by molar-refractivity contribution is 8.00. The Kier molecular flexibility index (Phi) is 13.4. The number of thioether (sulfide) groups is 1. The van der Waals surface area contributed by atoms with Crippen molar-refractivity contribution in [2.75, 3.05) is 24.2 Å². The standard InChI is InChI=1S/C46H47N5O4S/c1-45(2,3)55-44(53)50-39(33-56-46(36-20-10-5-11-21-36,37-22-12-6-13-23-37)38-24-14-7-15-25-38)31-48-41-27-26-40(35-18-8-4-9-19-35)51-43(41)54-32-42(52)49-30-34-17-16-28-47-29-34/h4-29,39,48H,30-33H2,1-3H3,(H,49,52)(H,50,53). The van der Waals surface area contributed by atoms with Crippen molar-refractivity contribution in [2.24, 2.45) is 0 Å². The number of amides is 2. The molecule has 6 rings (SSSR count). The summed E-state index contributed by atoms with van der Waals surface area (Å²) in [4.78, 5) is 35.2. The van der Waals surface area contributed by atoms with Gasteiger partial charge in [0.15, 0.2) is 6.61 Å². The van der Waals surface area contributed by atoms with Gasteiger partial charge in [0, 0.05) is 36.8 Å². The Morgan fingerprint density at radius 3 is 1.88 bits per heavy atom. The lowest BCUT2D eigenvalue weighted by atomic mass is 9.84. The third-order valence-corrected chi connectivity index (χ3v) is 10.5. The van der Waals surface area contributed by atoms with Crippen LogP contribution >= 0.6 is 11.8 Å². The van der Waals surface area contributed by atoms with Crippen LogP contribution in [0.15, 0.2) is 158 Å². The maximum atomic E-state index is 13.4. The second-order valence-electron chi connectivity index (χ2n) is 14.2. The van der Waals surface area contributed by atoms with E-state index in [1.54, 1.807) is 24.2 Å². The molecular formula is C46H47N5O4S. The lowest BCUT2D eigenvalue weighted by molar-refractivity contribution is -0.123. The van der Waals surface area contributed by atoms with E-state index in [-0.39, 0.29) is 18.4 Å². The van der Waals surface area contributed by atoms with E-state index in [1.807, 2.05) is 93.6 Å². The third kappa shape index (κ3) is 10.8. The molecule has 0 saturated carbocycles. The number of ether oxygens (including phenoxy) is 2. The van der Waals surface area contributed by atoms with Gasteiger partial charge in [-0.25, -0.2) is 9.78 Å². The highest BCUT2D eigenvalue weighted by Crippen LogP contribution is 2.48. The van der Waals surface area contributed by atoms with Crippen molar-refractivity contribution in [1.82, 2.24) is 20.6 Å². The van der Waals surface area contributed by atoms with Gasteiger partial charge in [-0.15, -0.1) is 11.8 Å². The Balaban J connectivity index is 1.28. The fraction of sp³-hybridized carbons (Fsp3) is 0.217. The monoisotopic (exact) mass is 765 g/mol. The number of hydrogen-bond acceptors (Lipinski definition) is 8. The largest absolute Gasteiger partial charge is 0.466 e. The van der Waals surface area contributed by atoms with Crippen molar-refractivity contribution in [3.63, 3.8) is 0 Å². The smallest absolute Gasteiger partial charge is 0.407 e. The summed E-state index contributed by atoms with van der Waals surface area (Å²) in [5.41, 5.74) is 5.71. The van der Waals surface area contributed by atoms with Crippen molar-refractivity contribution in [1.29, 1.82) is 0 Å². The van der Waals surface area contributed by atoms with Gasteiger partial charge in [-0.05, 0) is 61.2 Å². The van der Waals surface area contributed by atoms with Crippen LogP contribution in [0.25, 0.3) is 11.3 Å². The summed E-state index contributed by atoms with van der Waals surface area (Å²) in [6.45, 7) is 5.91. The zero-order chi connectivity index (χ0) is 39.2. The summed E-state index contributed by atoms with van der Waals surface area (Å²) < 4.78 is 11.2. The van der Waals surface area contributed by atoms with Crippen molar-refractivity contribution in [2.45, 2.75) is 43.7 Å². The van der Waals surface area contributed by atoms with Gasteiger partial charge >= 0.3 is 6.09 Å². The molecular weight excluding hydrogens is 719 g/mol. The van der Waals surface area contributed by atoms with Crippen LogP contribution in [0, 0.1) is 0 Å². The normalized spacial score (nSPS) is 11.9. The van der Waals surface area contributed by atoms with Crippen LogP contribution in [0.2, 0.25) is 0 Å². The number of nitrogens with one attached hydrogen (secondary N) is 3. The number of alkyl carbamates (subject to hydrolysis) is 1. The molecule has 0 aliphatic carbocycles. The number of aromatic nitrogens is 2. The third-order valence-electron chi connectivity index (χ3n) is 8.78. The molecule has 56 heavy (non-hydrogen) atoms. The number of rotatable bonds is 16. The number of nitrogens with zero attached hydrogens (tertiary/aromatic N) is 2. The molecule has 2 amide bonds. The van der Waals surface area contributed by atoms with Gasteiger partial charge < -0.3 is 25.4 Å². The summed E-state index contributed by atoms with van der Waals surface area (Å²) >= 11 is 1.74. The summed E-state index contributed by atoms with van der Waals surface area (Å²) in [6.07, 6.45) is 2.87. The van der Waals surface area contributed by atoms with E-state index in [0.717, 1.165) is 27.8 Å². The van der Waals surface area contributed by atoms with E-state index < -0.39 is 22.5 Å². The summed E-state index contributed by atoms with van der Waals surface area (Å²) in [5.74, 6) is 0.457. The molecule has 0 bridgehead atoms. The van der Waals surface area contributed by atoms with Gasteiger partial charge in [0.05, 0.1) is 22.2 Å². The molecule has 2 aromatic heterocycles. The summed E-state index contributed by atoms with van der Waals surface area (Å²) in [5, 5.41) is 9.50. The second kappa shape index (κ2) is 19.0. The Hall–Kier alpha value is -6.13. The van der Waals surface area contributed by atoms with Gasteiger partial charge in [0.1, 0.15) is 5.60 Å². The number of carbonyl (C=O) groups excluding carboxylic acids is 2. The first-order valence-electron chi connectivity index (χ1n) is 18.6. The molecule has 3 N–H and O–H groups in total. The predicted molar refractivity (Wildman–Crippen MR) is 225 cm³/mol. The van der Waals surface area contributed by atoms with Crippen LogP contribution in [0.5, 0.6) is 5.88 Å². The maximum Gasteiger partial charge on any atom is 0.407 e. The van der Waals surface area contributed by atoms with Crippen molar-refractivity contribution >= 4 is 29.4 Å². The van der Waals surface area contributed by atoms with Crippen LogP contribution < -0.4 is 20.7 Å². The maximum absolute atomic E-state index is 13.4. The lowest BCUT2D eigenvalue weighted by Crippen LogP contribution is -2.45. The molecule has 2 heterocycles. The van der Waals surface area contributed by atoms with Gasteiger partial charge in [0.25, 0.3) is 5.91 Å². The molecule has 1 atom stereocenters. The van der Waals surface area contributed by atoms with Gasteiger partial charge in [-0.3, -0.25) is 9.78 Å². The number of benzene rings is 4. The van der Waals surface area contributed by atoms with Crippen LogP contribution in [-0.4, -0.2) is 52.5 Å². The van der Waals surface area contributed by atoms with Crippen molar-refractivity contribution in [3.8, 4) is 17.1 Å². The first-order chi connectivity index (χ1) is 27.2. The Morgan fingerprint density at radius 1 is 0.732 bits per heavy atom. The van der Waals surface area contributed by atoms with Gasteiger partial charge in [-0.2, -0.15) is 0 Å². The van der Waals surface area contributed by atoms with E-state index in [9.17, 15) is 9.59 Å². The zero-order valence-corrected chi connectivity index (χ0v) is 32.7. The molecule has 0 fully saturated rings. The van der Waals surface area contributed by atoms with Gasteiger partial charge in [0.2, 0.25) is 5.88 Å². The minimum atomic E-state index is -0.688. The Labute approximate surface area is 333 Å². The molecule has 0 aliphatic rings. The minimum Gasteiger partial charge on any atom is -0.466 e. The number of pyridine rings is 2. The van der Waals surface area contributed by atoms with E-state index in [1.165, 1.54) is 0 Å². The molecule has 0 saturated heterocycles. The molecule has 286 valence electrons. The quantitative estimate of drug-likeness (QED) is 0.0838. The number of hydrogen-bond donors (Lipinski definition) is 3. The molecule has 0 aliphatic heterocycles. The van der Waals surface area contributed by atoms with Crippen LogP contribution in [0.1, 0.15) is 43.0 Å². The molecule has 6 aromatic rings. The topological polar surface area (TPSA) is 114 Å². The van der Waals surface area contributed by atoms with E-state index >= 15 is 0 Å². The minimum absolute atomic E-state index is 0.247. The lowest BCUT2D eigenvalue weighted by Gasteiger charge is -2.37. The van der Waals surface area contributed by atoms with Gasteiger partial charge in [-0.1, -0.05) is 127 Å². The molecule has 9 nitrogen and oxygen atoms in total. The highest BCUT2D eigenvalue weighted by atomic mass is 32.2. The molecule has 0 radical (unpaired) electrons. The first kappa shape index (κ1) is 39.6. The molecule has 1 unspecified atom stereocenters. The van der Waals surface area contributed by atoms with Crippen LogP contribution in [-0.2, 0) is 20.8 Å². The molecule has 4 aromatic carbocycles. The fourth-order valence-corrected chi connectivity index (χ4v) is 7.76. The average molecular weight is 766 g/mol. The highest BCUT2D eigenvalue weighted by Gasteiger charge is 2.38. The predicted octanol–water partition coefficient (Wildman–Crippen LogP) is 8.87. The number of carbonyl (C=O) groups is 2.